The predicted octanol–water partition coefficient (Wildman–Crippen LogP) is 2.93. The number of imidazole rings is 1. The third-order valence-corrected chi connectivity index (χ3v) is 5.03. The van der Waals surface area contributed by atoms with Gasteiger partial charge in [0.25, 0.3) is 11.7 Å². The van der Waals surface area contributed by atoms with Crippen molar-refractivity contribution in [1.82, 2.24) is 19.4 Å². The summed E-state index contributed by atoms with van der Waals surface area (Å²) in [6.07, 6.45) is 8.93. The summed E-state index contributed by atoms with van der Waals surface area (Å²) >= 11 is 0. The number of aliphatic hydroxyl groups is 1. The van der Waals surface area contributed by atoms with Crippen LogP contribution in [0.25, 0.3) is 5.76 Å². The number of amides is 1. The number of hydrogen-bond donors (Lipinski definition) is 1. The van der Waals surface area contributed by atoms with E-state index in [1.807, 2.05) is 10.8 Å². The smallest absolute Gasteiger partial charge is 0.295 e. The van der Waals surface area contributed by atoms with Gasteiger partial charge in [0.2, 0.25) is 0 Å². The number of benzene rings is 1. The van der Waals surface area contributed by atoms with Gasteiger partial charge < -0.3 is 14.6 Å². The molecule has 1 saturated heterocycles. The average molecular weight is 406 g/mol. The molecule has 0 radical (unpaired) electrons. The van der Waals surface area contributed by atoms with Crippen LogP contribution in [0.5, 0.6) is 0 Å². The first-order chi connectivity index (χ1) is 14.6. The fourth-order valence-electron chi connectivity index (χ4n) is 3.60. The molecule has 4 rings (SSSR count). The number of hydrogen-bond acceptors (Lipinski definition) is 5. The van der Waals surface area contributed by atoms with Crippen LogP contribution in [0.4, 0.5) is 4.39 Å². The maximum absolute atomic E-state index is 13.3. The van der Waals surface area contributed by atoms with Crippen molar-refractivity contribution in [2.45, 2.75) is 19.0 Å². The molecular formula is C22H19FN4O3. The van der Waals surface area contributed by atoms with Crippen LogP contribution < -0.4 is 0 Å². The Hall–Kier alpha value is -3.81. The molecule has 1 aliphatic rings. The summed E-state index contributed by atoms with van der Waals surface area (Å²) in [5, 5.41) is 10.8. The zero-order valence-electron chi connectivity index (χ0n) is 16.0. The number of aliphatic hydroxyl groups excluding tert-OH is 1. The van der Waals surface area contributed by atoms with Gasteiger partial charge in [0.15, 0.2) is 0 Å². The van der Waals surface area contributed by atoms with Gasteiger partial charge in [-0.3, -0.25) is 14.6 Å². The second-order valence-corrected chi connectivity index (χ2v) is 6.94. The van der Waals surface area contributed by atoms with Crippen LogP contribution in [0.2, 0.25) is 0 Å². The number of nitrogens with zero attached hydrogens (tertiary/aromatic N) is 4. The van der Waals surface area contributed by atoms with E-state index in [0.29, 0.717) is 25.1 Å². The number of carbonyl (C=O) groups excluding carboxylic acids is 2. The summed E-state index contributed by atoms with van der Waals surface area (Å²) in [6, 6.07) is 7.81. The Kier molecular flexibility index (Phi) is 5.38. The molecule has 1 atom stereocenters. The number of pyridine rings is 1. The molecule has 0 saturated carbocycles. The lowest BCUT2D eigenvalue weighted by molar-refractivity contribution is -0.139. The van der Waals surface area contributed by atoms with Crippen LogP contribution in [0.3, 0.4) is 0 Å². The summed E-state index contributed by atoms with van der Waals surface area (Å²) < 4.78 is 15.2. The Labute approximate surface area is 172 Å². The highest BCUT2D eigenvalue weighted by atomic mass is 19.1. The second-order valence-electron chi connectivity index (χ2n) is 6.94. The fourth-order valence-corrected chi connectivity index (χ4v) is 3.60. The van der Waals surface area contributed by atoms with Crippen molar-refractivity contribution in [2.24, 2.45) is 0 Å². The molecule has 1 aromatic carbocycles. The van der Waals surface area contributed by atoms with Crippen LogP contribution >= 0.6 is 0 Å². The van der Waals surface area contributed by atoms with E-state index in [2.05, 4.69) is 9.97 Å². The highest BCUT2D eigenvalue weighted by Gasteiger charge is 2.45. The number of carbonyl (C=O) groups is 2. The topological polar surface area (TPSA) is 88.3 Å². The van der Waals surface area contributed by atoms with Gasteiger partial charge in [-0.15, -0.1) is 0 Å². The summed E-state index contributed by atoms with van der Waals surface area (Å²) in [6.45, 7) is 0.934. The molecule has 0 unspecified atom stereocenters. The number of aryl methyl sites for hydroxylation is 1. The Bertz CT molecular complexity index is 1080. The van der Waals surface area contributed by atoms with Crippen molar-refractivity contribution < 1.29 is 19.1 Å². The van der Waals surface area contributed by atoms with Gasteiger partial charge in [-0.25, -0.2) is 9.37 Å². The largest absolute Gasteiger partial charge is 0.507 e. The van der Waals surface area contributed by atoms with E-state index in [1.165, 1.54) is 29.2 Å². The van der Waals surface area contributed by atoms with E-state index < -0.39 is 23.5 Å². The summed E-state index contributed by atoms with van der Waals surface area (Å²) in [5.41, 5.74) is 0.854. The molecule has 3 heterocycles. The van der Waals surface area contributed by atoms with Crippen molar-refractivity contribution in [1.29, 1.82) is 0 Å². The van der Waals surface area contributed by atoms with Crippen molar-refractivity contribution in [3.63, 3.8) is 0 Å². The molecular weight excluding hydrogens is 387 g/mol. The molecule has 0 aliphatic carbocycles. The zero-order valence-corrected chi connectivity index (χ0v) is 16.0. The number of rotatable bonds is 6. The summed E-state index contributed by atoms with van der Waals surface area (Å²) in [7, 11) is 0. The third-order valence-electron chi connectivity index (χ3n) is 5.03. The third kappa shape index (κ3) is 3.71. The molecule has 30 heavy (non-hydrogen) atoms. The van der Waals surface area contributed by atoms with Gasteiger partial charge in [0.1, 0.15) is 11.6 Å². The van der Waals surface area contributed by atoms with Crippen molar-refractivity contribution >= 4 is 17.4 Å². The van der Waals surface area contributed by atoms with E-state index in [1.54, 1.807) is 37.1 Å². The number of ketones is 1. The maximum Gasteiger partial charge on any atom is 0.295 e. The first kappa shape index (κ1) is 19.5. The number of Topliss-reactive ketones (excluding diaryl/α,β-unsaturated/α-hetero) is 1. The monoisotopic (exact) mass is 406 g/mol. The lowest BCUT2D eigenvalue weighted by atomic mass is 9.96. The SMILES string of the molecule is O=C1C(=O)N(CCCn2ccnc2)[C@H](c2cccnc2)C1=C(O)c1ccc(F)cc1. The molecule has 0 spiro atoms. The Morgan fingerprint density at radius 2 is 1.87 bits per heavy atom. The minimum absolute atomic E-state index is 0.0257. The molecule has 2 aromatic heterocycles. The van der Waals surface area contributed by atoms with Crippen LogP contribution in [-0.2, 0) is 16.1 Å². The van der Waals surface area contributed by atoms with Crippen molar-refractivity contribution in [3.05, 3.63) is 90.0 Å². The molecule has 1 amide bonds. The zero-order chi connectivity index (χ0) is 21.1. The van der Waals surface area contributed by atoms with E-state index >= 15 is 0 Å². The van der Waals surface area contributed by atoms with Crippen molar-refractivity contribution in [2.75, 3.05) is 6.54 Å². The lowest BCUT2D eigenvalue weighted by Crippen LogP contribution is -2.31. The normalized spacial score (nSPS) is 18.2. The summed E-state index contributed by atoms with van der Waals surface area (Å²) in [5.74, 6) is -2.25. The molecule has 152 valence electrons. The average Bonchev–Trinajstić information content (AvgIpc) is 3.37. The van der Waals surface area contributed by atoms with Gasteiger partial charge in [-0.2, -0.15) is 0 Å². The van der Waals surface area contributed by atoms with Gasteiger partial charge in [-0.1, -0.05) is 6.07 Å². The van der Waals surface area contributed by atoms with E-state index in [4.69, 9.17) is 0 Å². The Morgan fingerprint density at radius 1 is 1.07 bits per heavy atom. The highest BCUT2D eigenvalue weighted by molar-refractivity contribution is 6.46. The number of likely N-dealkylation sites (tertiary alicyclic amines) is 1. The van der Waals surface area contributed by atoms with Crippen LogP contribution in [-0.4, -0.2) is 42.8 Å². The van der Waals surface area contributed by atoms with Crippen molar-refractivity contribution in [3.8, 4) is 0 Å². The molecule has 8 heteroatoms. The predicted molar refractivity (Wildman–Crippen MR) is 106 cm³/mol. The Balaban J connectivity index is 1.71. The molecule has 0 bridgehead atoms. The summed E-state index contributed by atoms with van der Waals surface area (Å²) in [4.78, 5) is 35.2. The standard InChI is InChI=1S/C22H19FN4O3/c23-17-6-4-15(5-7-17)20(28)18-19(16-3-1-8-24-13-16)27(22(30)21(18)29)11-2-10-26-12-9-25-14-26/h1,3-9,12-14,19,28H,2,10-11H2/t19-/m1/s1. The van der Waals surface area contributed by atoms with E-state index in [9.17, 15) is 19.1 Å². The van der Waals surface area contributed by atoms with Crippen LogP contribution in [0, 0.1) is 5.82 Å². The quantitative estimate of drug-likeness (QED) is 0.386. The molecule has 1 fully saturated rings. The first-order valence-electron chi connectivity index (χ1n) is 9.46. The maximum atomic E-state index is 13.3. The first-order valence-corrected chi connectivity index (χ1v) is 9.46. The molecule has 1 aliphatic heterocycles. The Morgan fingerprint density at radius 3 is 2.53 bits per heavy atom. The van der Waals surface area contributed by atoms with Crippen LogP contribution in [0.1, 0.15) is 23.6 Å². The number of aromatic nitrogens is 3. The van der Waals surface area contributed by atoms with Gasteiger partial charge in [0.05, 0.1) is 17.9 Å². The minimum atomic E-state index is -0.772. The highest BCUT2D eigenvalue weighted by Crippen LogP contribution is 2.39. The van der Waals surface area contributed by atoms with Gasteiger partial charge >= 0.3 is 0 Å². The fraction of sp³-hybridized carbons (Fsp3) is 0.182. The minimum Gasteiger partial charge on any atom is -0.507 e. The molecule has 7 nitrogen and oxygen atoms in total. The van der Waals surface area contributed by atoms with Gasteiger partial charge in [0, 0.05) is 43.4 Å². The molecule has 1 N–H and O–H groups in total. The number of halogens is 1. The van der Waals surface area contributed by atoms with E-state index in [-0.39, 0.29) is 16.9 Å². The van der Waals surface area contributed by atoms with E-state index in [0.717, 1.165) is 0 Å². The second kappa shape index (κ2) is 8.28. The van der Waals surface area contributed by atoms with Gasteiger partial charge in [-0.05, 0) is 42.3 Å². The van der Waals surface area contributed by atoms with Crippen LogP contribution in [0.15, 0.2) is 73.1 Å². The molecule has 3 aromatic rings. The lowest BCUT2D eigenvalue weighted by Gasteiger charge is -2.25.